The van der Waals surface area contributed by atoms with Gasteiger partial charge < -0.3 is 10.1 Å². The summed E-state index contributed by atoms with van der Waals surface area (Å²) in [7, 11) is 0. The van der Waals surface area contributed by atoms with Gasteiger partial charge in [-0.3, -0.25) is 4.79 Å². The molecule has 0 unspecified atom stereocenters. The summed E-state index contributed by atoms with van der Waals surface area (Å²) in [5.74, 6) is -0.554. The van der Waals surface area contributed by atoms with Crippen LogP contribution in [0.5, 0.6) is 5.75 Å². The fraction of sp³-hybridized carbons (Fsp3) is 0.143. The zero-order chi connectivity index (χ0) is 19.8. The van der Waals surface area contributed by atoms with Crippen molar-refractivity contribution < 1.29 is 13.9 Å². The number of hydrogen-bond acceptors (Lipinski definition) is 3. The van der Waals surface area contributed by atoms with E-state index >= 15 is 0 Å². The molecule has 0 radical (unpaired) electrons. The number of anilines is 1. The molecule has 138 valence electrons. The Labute approximate surface area is 166 Å². The van der Waals surface area contributed by atoms with Crippen LogP contribution < -0.4 is 10.1 Å². The summed E-state index contributed by atoms with van der Waals surface area (Å²) in [5, 5.41) is 11.8. The lowest BCUT2D eigenvalue weighted by Gasteiger charge is -2.12. The van der Waals surface area contributed by atoms with Crippen LogP contribution in [-0.2, 0) is 11.2 Å². The van der Waals surface area contributed by atoms with Crippen LogP contribution in [0.1, 0.15) is 18.1 Å². The van der Waals surface area contributed by atoms with Gasteiger partial charge in [-0.2, -0.15) is 5.26 Å². The Morgan fingerprint density at radius 1 is 1.41 bits per heavy atom. The predicted octanol–water partition coefficient (Wildman–Crippen LogP) is 5.26. The summed E-state index contributed by atoms with van der Waals surface area (Å²) in [6.45, 7) is 6.13. The van der Waals surface area contributed by atoms with E-state index in [1.807, 2.05) is 19.1 Å². The van der Waals surface area contributed by atoms with Crippen LogP contribution in [0, 0.1) is 17.1 Å². The highest BCUT2D eigenvalue weighted by atomic mass is 79.9. The van der Waals surface area contributed by atoms with Crippen molar-refractivity contribution >= 4 is 33.6 Å². The van der Waals surface area contributed by atoms with E-state index in [4.69, 9.17) is 4.74 Å². The van der Waals surface area contributed by atoms with Gasteiger partial charge in [0.2, 0.25) is 0 Å². The van der Waals surface area contributed by atoms with Gasteiger partial charge in [0, 0.05) is 0 Å². The van der Waals surface area contributed by atoms with Crippen molar-refractivity contribution in [2.75, 3.05) is 11.9 Å². The molecule has 2 aromatic rings. The van der Waals surface area contributed by atoms with Gasteiger partial charge in [-0.15, -0.1) is 6.58 Å². The largest absolute Gasteiger partial charge is 0.492 e. The van der Waals surface area contributed by atoms with E-state index in [-0.39, 0.29) is 11.3 Å². The van der Waals surface area contributed by atoms with Gasteiger partial charge in [-0.25, -0.2) is 4.39 Å². The maximum absolute atomic E-state index is 13.7. The van der Waals surface area contributed by atoms with Gasteiger partial charge in [0.25, 0.3) is 5.91 Å². The Bertz CT molecular complexity index is 932. The van der Waals surface area contributed by atoms with Crippen molar-refractivity contribution in [1.82, 2.24) is 0 Å². The Balaban J connectivity index is 2.36. The Hall–Kier alpha value is -2.91. The van der Waals surface area contributed by atoms with E-state index in [0.717, 1.165) is 5.56 Å². The lowest BCUT2D eigenvalue weighted by atomic mass is 10.0. The molecule has 0 saturated carbocycles. The van der Waals surface area contributed by atoms with Crippen LogP contribution in [0.3, 0.4) is 0 Å². The molecule has 0 spiro atoms. The van der Waals surface area contributed by atoms with E-state index in [0.29, 0.717) is 28.8 Å². The molecule has 0 aliphatic carbocycles. The van der Waals surface area contributed by atoms with E-state index < -0.39 is 11.7 Å². The van der Waals surface area contributed by atoms with E-state index in [1.54, 1.807) is 18.2 Å². The molecule has 0 bridgehead atoms. The number of amides is 1. The number of nitriles is 1. The number of allylic oxidation sites excluding steroid dienone is 1. The molecule has 0 aliphatic heterocycles. The van der Waals surface area contributed by atoms with Crippen LogP contribution >= 0.6 is 15.9 Å². The van der Waals surface area contributed by atoms with E-state index in [1.165, 1.54) is 24.3 Å². The number of ether oxygens (including phenoxy) is 1. The Morgan fingerprint density at radius 2 is 2.15 bits per heavy atom. The first-order chi connectivity index (χ1) is 13.0. The second-order valence-corrected chi connectivity index (χ2v) is 6.37. The van der Waals surface area contributed by atoms with Gasteiger partial charge in [-0.1, -0.05) is 18.2 Å². The van der Waals surface area contributed by atoms with Crippen molar-refractivity contribution in [3.63, 3.8) is 0 Å². The average molecular weight is 429 g/mol. The van der Waals surface area contributed by atoms with Crippen molar-refractivity contribution in [1.29, 1.82) is 5.26 Å². The zero-order valence-electron chi connectivity index (χ0n) is 14.8. The summed E-state index contributed by atoms with van der Waals surface area (Å²) in [5.41, 5.74) is 1.39. The van der Waals surface area contributed by atoms with E-state index in [2.05, 4.69) is 27.8 Å². The number of nitrogens with zero attached hydrogens (tertiary/aromatic N) is 1. The monoisotopic (exact) mass is 428 g/mol. The van der Waals surface area contributed by atoms with Gasteiger partial charge >= 0.3 is 0 Å². The highest BCUT2D eigenvalue weighted by Crippen LogP contribution is 2.32. The maximum Gasteiger partial charge on any atom is 0.266 e. The van der Waals surface area contributed by atoms with Gasteiger partial charge in [0.05, 0.1) is 16.8 Å². The highest BCUT2D eigenvalue weighted by molar-refractivity contribution is 9.10. The van der Waals surface area contributed by atoms with Crippen molar-refractivity contribution in [2.24, 2.45) is 0 Å². The molecule has 0 atom stereocenters. The molecule has 1 N–H and O–H groups in total. The normalized spacial score (nSPS) is 10.8. The van der Waals surface area contributed by atoms with Crippen LogP contribution in [0.15, 0.2) is 59.1 Å². The second kappa shape index (κ2) is 9.70. The number of halogens is 2. The molecule has 6 heteroatoms. The van der Waals surface area contributed by atoms with Crippen LogP contribution in [0.25, 0.3) is 6.08 Å². The molecule has 0 saturated heterocycles. The molecule has 0 aliphatic rings. The summed E-state index contributed by atoms with van der Waals surface area (Å²) in [4.78, 5) is 12.3. The van der Waals surface area contributed by atoms with Crippen molar-refractivity contribution in [3.8, 4) is 11.8 Å². The minimum absolute atomic E-state index is 0.0175. The summed E-state index contributed by atoms with van der Waals surface area (Å²) in [6, 6.07) is 11.2. The zero-order valence-corrected chi connectivity index (χ0v) is 16.3. The fourth-order valence-corrected chi connectivity index (χ4v) is 3.07. The standard InChI is InChI=1S/C21H18BrFN2O2/c1-3-7-15-10-14(12-17(22)20(15)27-4-2)11-16(13-24)21(26)25-19-9-6-5-8-18(19)23/h3,5-6,8-12H,1,4,7H2,2H3,(H,25,26)/b16-11-. The molecule has 0 aromatic heterocycles. The quantitative estimate of drug-likeness (QED) is 0.371. The third kappa shape index (κ3) is 5.28. The lowest BCUT2D eigenvalue weighted by Crippen LogP contribution is -2.14. The van der Waals surface area contributed by atoms with Crippen LogP contribution in [0.4, 0.5) is 10.1 Å². The van der Waals surface area contributed by atoms with Crippen molar-refractivity contribution in [2.45, 2.75) is 13.3 Å². The summed E-state index contributed by atoms with van der Waals surface area (Å²) >= 11 is 3.46. The summed E-state index contributed by atoms with van der Waals surface area (Å²) in [6.07, 6.45) is 3.76. The smallest absolute Gasteiger partial charge is 0.266 e. The van der Waals surface area contributed by atoms with Gasteiger partial charge in [0.1, 0.15) is 23.2 Å². The number of para-hydroxylation sites is 1. The van der Waals surface area contributed by atoms with Crippen LogP contribution in [0.2, 0.25) is 0 Å². The third-order valence-corrected chi connectivity index (χ3v) is 4.18. The SMILES string of the molecule is C=CCc1cc(/C=C(/C#N)C(=O)Nc2ccccc2F)cc(Br)c1OCC. The molecular formula is C21H18BrFN2O2. The Morgan fingerprint density at radius 3 is 2.78 bits per heavy atom. The molecule has 4 nitrogen and oxygen atoms in total. The van der Waals surface area contributed by atoms with Gasteiger partial charge in [-0.05, 0) is 70.7 Å². The number of rotatable bonds is 7. The van der Waals surface area contributed by atoms with Gasteiger partial charge in [0.15, 0.2) is 0 Å². The van der Waals surface area contributed by atoms with E-state index in [9.17, 15) is 14.4 Å². The fourth-order valence-electron chi connectivity index (χ4n) is 2.44. The number of carbonyl (C=O) groups is 1. The molecule has 2 rings (SSSR count). The minimum atomic E-state index is -0.683. The highest BCUT2D eigenvalue weighted by Gasteiger charge is 2.14. The Kier molecular flexibility index (Phi) is 7.33. The number of nitrogens with one attached hydrogen (secondary N) is 1. The molecule has 0 fully saturated rings. The third-order valence-electron chi connectivity index (χ3n) is 3.59. The molecular weight excluding hydrogens is 411 g/mol. The second-order valence-electron chi connectivity index (χ2n) is 5.52. The first-order valence-electron chi connectivity index (χ1n) is 8.24. The maximum atomic E-state index is 13.7. The number of hydrogen-bond donors (Lipinski definition) is 1. The lowest BCUT2D eigenvalue weighted by molar-refractivity contribution is -0.112. The van der Waals surface area contributed by atoms with Crippen molar-refractivity contribution in [3.05, 3.63) is 76.0 Å². The molecule has 1 amide bonds. The minimum Gasteiger partial charge on any atom is -0.492 e. The molecule has 0 heterocycles. The molecule has 2 aromatic carbocycles. The predicted molar refractivity (Wildman–Crippen MR) is 108 cm³/mol. The van der Waals surface area contributed by atoms with Crippen LogP contribution in [-0.4, -0.2) is 12.5 Å². The summed E-state index contributed by atoms with van der Waals surface area (Å²) < 4.78 is 20.1. The molecule has 27 heavy (non-hydrogen) atoms. The first-order valence-corrected chi connectivity index (χ1v) is 9.03. The first kappa shape index (κ1) is 20.4. The topological polar surface area (TPSA) is 62.1 Å². The average Bonchev–Trinajstić information content (AvgIpc) is 2.64. The number of benzene rings is 2. The number of carbonyl (C=O) groups excluding carboxylic acids is 1.